The number of nitrogens with two attached hydrogens (primary N) is 1. The van der Waals surface area contributed by atoms with E-state index in [1.54, 1.807) is 0 Å². The van der Waals surface area contributed by atoms with Crippen LogP contribution in [-0.4, -0.2) is 17.5 Å². The molecular formula is C21H31ClN2O. The van der Waals surface area contributed by atoms with Gasteiger partial charge in [0, 0.05) is 17.5 Å². The Kier molecular flexibility index (Phi) is 5.75. The van der Waals surface area contributed by atoms with Crippen LogP contribution in [0.2, 0.25) is 0 Å². The number of amides is 1. The lowest BCUT2D eigenvalue weighted by Gasteiger charge is -2.47. The largest absolute Gasteiger partial charge is 0.350 e. The van der Waals surface area contributed by atoms with Gasteiger partial charge >= 0.3 is 0 Å². The molecular weight excluding hydrogens is 332 g/mol. The summed E-state index contributed by atoms with van der Waals surface area (Å²) in [6.07, 6.45) is 10.2. The monoisotopic (exact) mass is 362 g/mol. The molecule has 138 valence electrons. The second kappa shape index (κ2) is 7.67. The molecule has 3 aliphatic rings. The van der Waals surface area contributed by atoms with Gasteiger partial charge in [0.1, 0.15) is 0 Å². The third kappa shape index (κ3) is 3.88. The molecule has 2 atom stereocenters. The van der Waals surface area contributed by atoms with Crippen molar-refractivity contribution in [2.24, 2.45) is 23.5 Å². The molecule has 4 rings (SSSR count). The summed E-state index contributed by atoms with van der Waals surface area (Å²) in [5.41, 5.74) is 7.72. The van der Waals surface area contributed by atoms with E-state index < -0.39 is 0 Å². The number of benzene rings is 1. The highest BCUT2D eigenvalue weighted by molar-refractivity contribution is 5.85. The third-order valence-corrected chi connectivity index (χ3v) is 6.87. The molecule has 3 N–H and O–H groups in total. The van der Waals surface area contributed by atoms with E-state index in [9.17, 15) is 4.79 Å². The maximum atomic E-state index is 13.0. The molecule has 0 aliphatic heterocycles. The fraction of sp³-hybridized carbons (Fsp3) is 0.667. The van der Waals surface area contributed by atoms with E-state index in [1.165, 1.54) is 31.2 Å². The number of nitrogens with one attached hydrogen (secondary N) is 1. The summed E-state index contributed by atoms with van der Waals surface area (Å²) in [4.78, 5) is 13.0. The molecule has 1 aromatic rings. The van der Waals surface area contributed by atoms with Gasteiger partial charge in [0.05, 0.1) is 0 Å². The fourth-order valence-corrected chi connectivity index (χ4v) is 5.30. The average Bonchev–Trinajstić information content (AvgIpc) is 2.53. The van der Waals surface area contributed by atoms with Gasteiger partial charge in [0.25, 0.3) is 0 Å². The van der Waals surface area contributed by atoms with Gasteiger partial charge in [-0.05, 0) is 68.8 Å². The summed E-state index contributed by atoms with van der Waals surface area (Å²) < 4.78 is 0. The first-order valence-electron chi connectivity index (χ1n) is 9.77. The van der Waals surface area contributed by atoms with Crippen molar-refractivity contribution >= 4 is 18.3 Å². The van der Waals surface area contributed by atoms with Crippen molar-refractivity contribution in [3.05, 3.63) is 35.9 Å². The zero-order chi connectivity index (χ0) is 16.6. The van der Waals surface area contributed by atoms with E-state index >= 15 is 0 Å². The Labute approximate surface area is 157 Å². The summed E-state index contributed by atoms with van der Waals surface area (Å²) in [6, 6.07) is 10.9. The van der Waals surface area contributed by atoms with Crippen molar-refractivity contribution in [3.63, 3.8) is 0 Å². The predicted octanol–water partition coefficient (Wildman–Crippen LogP) is 3.84. The second-order valence-corrected chi connectivity index (χ2v) is 8.48. The molecule has 0 radical (unpaired) electrons. The van der Waals surface area contributed by atoms with Crippen molar-refractivity contribution in [1.82, 2.24) is 5.32 Å². The van der Waals surface area contributed by atoms with Gasteiger partial charge in [0.2, 0.25) is 5.91 Å². The van der Waals surface area contributed by atoms with Crippen LogP contribution in [0.5, 0.6) is 0 Å². The highest BCUT2D eigenvalue weighted by Gasteiger charge is 2.44. The Morgan fingerprint density at radius 2 is 1.72 bits per heavy atom. The lowest BCUT2D eigenvalue weighted by molar-refractivity contribution is -0.131. The van der Waals surface area contributed by atoms with Crippen LogP contribution in [0.1, 0.15) is 56.9 Å². The van der Waals surface area contributed by atoms with E-state index in [0.29, 0.717) is 23.8 Å². The average molecular weight is 363 g/mol. The summed E-state index contributed by atoms with van der Waals surface area (Å²) in [5, 5.41) is 3.47. The van der Waals surface area contributed by atoms with Crippen molar-refractivity contribution < 1.29 is 4.79 Å². The zero-order valence-electron chi connectivity index (χ0n) is 15.0. The Morgan fingerprint density at radius 3 is 2.28 bits per heavy atom. The van der Waals surface area contributed by atoms with Gasteiger partial charge in [-0.25, -0.2) is 0 Å². The van der Waals surface area contributed by atoms with Gasteiger partial charge in [-0.15, -0.1) is 12.4 Å². The van der Waals surface area contributed by atoms with Gasteiger partial charge in [-0.3, -0.25) is 4.79 Å². The molecule has 1 aromatic carbocycles. The molecule has 0 saturated heterocycles. The molecule has 2 bridgehead atoms. The minimum absolute atomic E-state index is 0. The van der Waals surface area contributed by atoms with E-state index in [-0.39, 0.29) is 23.9 Å². The highest BCUT2D eigenvalue weighted by Crippen LogP contribution is 2.43. The Hall–Kier alpha value is -1.06. The van der Waals surface area contributed by atoms with E-state index in [4.69, 9.17) is 5.73 Å². The number of halogens is 1. The molecule has 3 nitrogen and oxygen atoms in total. The molecule has 3 fully saturated rings. The van der Waals surface area contributed by atoms with Crippen LogP contribution in [-0.2, 0) is 11.2 Å². The lowest BCUT2D eigenvalue weighted by atomic mass is 9.64. The smallest absolute Gasteiger partial charge is 0.223 e. The molecule has 0 spiro atoms. The third-order valence-electron chi connectivity index (χ3n) is 6.87. The van der Waals surface area contributed by atoms with Crippen LogP contribution in [0.4, 0.5) is 0 Å². The standard InChI is InChI=1S/C21H30N2O.ClH/c22-19-16-8-4-9-17(19)13-18(12-16)20(24)23-21(10-5-11-21)14-15-6-2-1-3-7-15;/h1-3,6-7,16-19H,4-5,8-14,22H2,(H,23,24);1H. The lowest BCUT2D eigenvalue weighted by Crippen LogP contribution is -2.58. The summed E-state index contributed by atoms with van der Waals surface area (Å²) >= 11 is 0. The van der Waals surface area contributed by atoms with Crippen molar-refractivity contribution in [3.8, 4) is 0 Å². The number of carbonyl (C=O) groups excluding carboxylic acids is 1. The summed E-state index contributed by atoms with van der Waals surface area (Å²) in [6.45, 7) is 0. The number of hydrogen-bond acceptors (Lipinski definition) is 2. The highest BCUT2D eigenvalue weighted by atomic mass is 35.5. The van der Waals surface area contributed by atoms with Gasteiger partial charge in [-0.1, -0.05) is 36.8 Å². The Balaban J connectivity index is 0.00000182. The molecule has 0 heterocycles. The topological polar surface area (TPSA) is 55.1 Å². The Bertz CT molecular complexity index is 573. The van der Waals surface area contributed by atoms with Crippen LogP contribution in [0.15, 0.2) is 30.3 Å². The Morgan fingerprint density at radius 1 is 1.08 bits per heavy atom. The second-order valence-electron chi connectivity index (χ2n) is 8.48. The molecule has 0 aromatic heterocycles. The van der Waals surface area contributed by atoms with E-state index in [2.05, 4.69) is 35.6 Å². The first kappa shape index (κ1) is 18.7. The summed E-state index contributed by atoms with van der Waals surface area (Å²) in [5.74, 6) is 1.63. The number of fused-ring (bicyclic) bond motifs is 2. The minimum Gasteiger partial charge on any atom is -0.350 e. The first-order valence-corrected chi connectivity index (χ1v) is 9.77. The van der Waals surface area contributed by atoms with Gasteiger partial charge < -0.3 is 11.1 Å². The fourth-order valence-electron chi connectivity index (χ4n) is 5.30. The predicted molar refractivity (Wildman–Crippen MR) is 104 cm³/mol. The van der Waals surface area contributed by atoms with Crippen LogP contribution in [0.25, 0.3) is 0 Å². The van der Waals surface area contributed by atoms with Crippen LogP contribution in [0.3, 0.4) is 0 Å². The number of carbonyl (C=O) groups is 1. The quantitative estimate of drug-likeness (QED) is 0.854. The van der Waals surface area contributed by atoms with Crippen LogP contribution in [0, 0.1) is 17.8 Å². The zero-order valence-corrected chi connectivity index (χ0v) is 15.8. The maximum Gasteiger partial charge on any atom is 0.223 e. The number of rotatable bonds is 4. The van der Waals surface area contributed by atoms with Crippen LogP contribution < -0.4 is 11.1 Å². The van der Waals surface area contributed by atoms with Gasteiger partial charge in [0.15, 0.2) is 0 Å². The molecule has 4 heteroatoms. The van der Waals surface area contributed by atoms with E-state index in [0.717, 1.165) is 32.1 Å². The van der Waals surface area contributed by atoms with Crippen molar-refractivity contribution in [1.29, 1.82) is 0 Å². The normalized spacial score (nSPS) is 32.8. The van der Waals surface area contributed by atoms with Gasteiger partial charge in [-0.2, -0.15) is 0 Å². The van der Waals surface area contributed by atoms with Crippen LogP contribution >= 0.6 is 12.4 Å². The first-order chi connectivity index (χ1) is 11.7. The molecule has 3 saturated carbocycles. The van der Waals surface area contributed by atoms with Crippen molar-refractivity contribution in [2.75, 3.05) is 0 Å². The van der Waals surface area contributed by atoms with E-state index in [1.807, 2.05) is 0 Å². The summed E-state index contributed by atoms with van der Waals surface area (Å²) in [7, 11) is 0. The number of hydrogen-bond donors (Lipinski definition) is 2. The molecule has 2 unspecified atom stereocenters. The molecule has 3 aliphatic carbocycles. The maximum absolute atomic E-state index is 13.0. The van der Waals surface area contributed by atoms with Crippen molar-refractivity contribution in [2.45, 2.75) is 69.4 Å². The minimum atomic E-state index is 0. The SMILES string of the molecule is Cl.NC1C2CCCC1CC(C(=O)NC1(Cc3ccccc3)CCC1)C2. The molecule has 1 amide bonds. The molecule has 25 heavy (non-hydrogen) atoms.